The van der Waals surface area contributed by atoms with Crippen LogP contribution in [-0.2, 0) is 5.41 Å². The zero-order valence-electron chi connectivity index (χ0n) is 30.8. The summed E-state index contributed by atoms with van der Waals surface area (Å²) < 4.78 is 6.19. The third-order valence-electron chi connectivity index (χ3n) is 12.5. The van der Waals surface area contributed by atoms with Crippen LogP contribution in [0.2, 0.25) is 0 Å². The van der Waals surface area contributed by atoms with Gasteiger partial charge in [0.1, 0.15) is 0 Å². The minimum atomic E-state index is -3.43. The van der Waals surface area contributed by atoms with Crippen molar-refractivity contribution in [3.8, 4) is 44.5 Å². The number of nitrogens with zero attached hydrogens (tertiary/aromatic N) is 1. The summed E-state index contributed by atoms with van der Waals surface area (Å²) in [5.74, 6) is 0. The van der Waals surface area contributed by atoms with Crippen molar-refractivity contribution in [1.82, 2.24) is 0 Å². The van der Waals surface area contributed by atoms with Gasteiger partial charge in [0.25, 0.3) is 0 Å². The van der Waals surface area contributed by atoms with Gasteiger partial charge in [-0.25, -0.2) is 0 Å². The Balaban J connectivity index is 1.20. The van der Waals surface area contributed by atoms with Gasteiger partial charge in [-0.15, -0.1) is 0 Å². The predicted molar refractivity (Wildman–Crippen MR) is 230 cm³/mol. The van der Waals surface area contributed by atoms with Gasteiger partial charge in [0.15, 0.2) is 0 Å². The topological polar surface area (TPSA) is 3.24 Å². The first-order chi connectivity index (χ1) is 26.5. The average Bonchev–Trinajstić information content (AvgIpc) is 3.76. The molecule has 1 aliphatic carbocycles. The van der Waals surface area contributed by atoms with Crippen molar-refractivity contribution < 1.29 is 0 Å². The third kappa shape index (κ3) is 4.22. The molecule has 8 aromatic carbocycles. The molecule has 11 rings (SSSR count). The number of fused-ring (bicyclic) bond motifs is 13. The molecule has 0 saturated heterocycles. The van der Waals surface area contributed by atoms with Crippen molar-refractivity contribution in [1.29, 1.82) is 0 Å². The van der Waals surface area contributed by atoms with Gasteiger partial charge in [0.05, 0.1) is 0 Å². The maximum absolute atomic E-state index is 3.43. The predicted octanol–water partition coefficient (Wildman–Crippen LogP) is 10.8. The molecule has 0 fully saturated rings. The molecule has 0 aromatic heterocycles. The van der Waals surface area contributed by atoms with Crippen LogP contribution in [0.1, 0.15) is 30.5 Å². The number of para-hydroxylation sites is 1. The fourth-order valence-corrected chi connectivity index (χ4v) is 22.2. The molecule has 1 nitrogen and oxygen atoms in total. The van der Waals surface area contributed by atoms with Crippen LogP contribution in [0.25, 0.3) is 44.5 Å². The quantitative estimate of drug-likeness (QED) is 0.162. The first-order valence-electron chi connectivity index (χ1n) is 19.1. The Kier molecular flexibility index (Phi) is 6.76. The first-order valence-corrected chi connectivity index (χ1v) is 23.3. The van der Waals surface area contributed by atoms with Crippen molar-refractivity contribution in [2.24, 2.45) is 0 Å². The Labute approximate surface area is 320 Å². The summed E-state index contributed by atoms with van der Waals surface area (Å²) in [6.07, 6.45) is 0. The van der Waals surface area contributed by atoms with Crippen molar-refractivity contribution in [2.75, 3.05) is 4.90 Å². The monoisotopic (exact) mass is 751 g/mol. The number of hydrogen-bond donors (Lipinski definition) is 0. The van der Waals surface area contributed by atoms with E-state index in [1.807, 2.05) is 0 Å². The molecule has 0 bridgehead atoms. The molecule has 0 atom stereocenters. The van der Waals surface area contributed by atoms with E-state index in [4.69, 9.17) is 0 Å². The summed E-state index contributed by atoms with van der Waals surface area (Å²) in [4.78, 5) is 2.54. The van der Waals surface area contributed by atoms with Crippen LogP contribution < -0.4 is 22.5 Å². The van der Waals surface area contributed by atoms with Crippen molar-refractivity contribution >= 4 is 47.9 Å². The van der Waals surface area contributed by atoms with Crippen LogP contribution in [0.5, 0.6) is 0 Å². The van der Waals surface area contributed by atoms with Crippen LogP contribution in [0.15, 0.2) is 182 Å². The van der Waals surface area contributed by atoms with Gasteiger partial charge < -0.3 is 0 Å². The van der Waals surface area contributed by atoms with Crippen LogP contribution in [-0.4, -0.2) is 13.3 Å². The van der Waals surface area contributed by atoms with E-state index in [9.17, 15) is 0 Å². The molecule has 256 valence electrons. The maximum atomic E-state index is 2.60. The van der Waals surface area contributed by atoms with E-state index in [-0.39, 0.29) is 5.41 Å². The number of hydrogen-bond acceptors (Lipinski definition) is 1. The number of anilines is 3. The summed E-state index contributed by atoms with van der Waals surface area (Å²) >= 11 is -3.43. The number of rotatable bonds is 4. The first kappa shape index (κ1) is 31.6. The molecule has 0 unspecified atom stereocenters. The molecule has 2 heteroatoms. The van der Waals surface area contributed by atoms with Gasteiger partial charge in [-0.1, -0.05) is 0 Å². The van der Waals surface area contributed by atoms with E-state index in [1.165, 1.54) is 82.7 Å². The molecule has 0 amide bonds. The van der Waals surface area contributed by atoms with Gasteiger partial charge in [0, 0.05) is 0 Å². The van der Waals surface area contributed by atoms with E-state index < -0.39 is 13.3 Å². The number of aryl methyl sites for hydroxylation is 1. The molecule has 8 aromatic rings. The van der Waals surface area contributed by atoms with E-state index in [1.54, 1.807) is 13.2 Å². The van der Waals surface area contributed by atoms with Crippen LogP contribution in [0.4, 0.5) is 17.1 Å². The normalized spacial score (nSPS) is 14.5. The molecule has 0 N–H and O–H groups in total. The molecule has 1 spiro atoms. The zero-order chi connectivity index (χ0) is 36.2. The second-order valence-corrected chi connectivity index (χ2v) is 23.4. The summed E-state index contributed by atoms with van der Waals surface area (Å²) in [7, 11) is 0. The van der Waals surface area contributed by atoms with Crippen molar-refractivity contribution in [2.45, 2.75) is 26.2 Å². The number of benzene rings is 8. The summed E-state index contributed by atoms with van der Waals surface area (Å²) in [6, 6.07) is 69.2. The molecular weight excluding hydrogens is 711 g/mol. The SMILES string of the molecule is Cc1ccc2[c](c1)[Ge]1([c]3ccccc3-c3cccc[c]31)[c]1cc(N(c3ccc4c(c3)C(C)(C)c3ccccc3-4)c3ccccc3-c3ccccc3)ccc1-2. The van der Waals surface area contributed by atoms with Crippen LogP contribution in [0.3, 0.4) is 0 Å². The molecule has 0 saturated carbocycles. The zero-order valence-corrected chi connectivity index (χ0v) is 32.9. The summed E-state index contributed by atoms with van der Waals surface area (Å²) in [6.45, 7) is 7.02. The van der Waals surface area contributed by atoms with Gasteiger partial charge in [-0.2, -0.15) is 0 Å². The summed E-state index contributed by atoms with van der Waals surface area (Å²) in [5.41, 5.74) is 18.3. The molecule has 0 radical (unpaired) electrons. The second-order valence-electron chi connectivity index (χ2n) is 15.7. The fourth-order valence-electron chi connectivity index (χ4n) is 10.2. The Morgan fingerprint density at radius 1 is 0.389 bits per heavy atom. The Bertz CT molecular complexity index is 2780. The van der Waals surface area contributed by atoms with Crippen molar-refractivity contribution in [3.05, 3.63) is 199 Å². The van der Waals surface area contributed by atoms with Gasteiger partial charge in [0.2, 0.25) is 0 Å². The van der Waals surface area contributed by atoms with Crippen LogP contribution in [0, 0.1) is 6.92 Å². The molecule has 2 aliphatic heterocycles. The van der Waals surface area contributed by atoms with Gasteiger partial charge >= 0.3 is 322 Å². The Morgan fingerprint density at radius 3 is 1.61 bits per heavy atom. The fraction of sp³-hybridized carbons (Fsp3) is 0.0769. The standard InChI is InChI=1S/C52H39GeN/c1-34-25-28-43-44-30-27-37(33-50(44)53(49(43)31-34)47-22-12-8-19-41(47)42-20-9-13-23-48(42)53)54(51-24-14-10-17-38(51)35-15-5-4-6-16-35)36-26-29-40-39-18-7-11-21-45(39)52(2,3)46(40)32-36/h4-33H,1-3H3. The molecule has 2 heterocycles. The van der Waals surface area contributed by atoms with Gasteiger partial charge in [-0.3, -0.25) is 0 Å². The Morgan fingerprint density at radius 2 is 0.889 bits per heavy atom. The van der Waals surface area contributed by atoms with E-state index in [0.717, 1.165) is 0 Å². The second kappa shape index (κ2) is 11.5. The van der Waals surface area contributed by atoms with E-state index >= 15 is 0 Å². The van der Waals surface area contributed by atoms with Crippen LogP contribution >= 0.6 is 0 Å². The Hall–Kier alpha value is -5.90. The van der Waals surface area contributed by atoms with E-state index in [2.05, 4.69) is 208 Å². The third-order valence-corrected chi connectivity index (χ3v) is 22.9. The minimum absolute atomic E-state index is 0.110. The van der Waals surface area contributed by atoms with Gasteiger partial charge in [-0.05, 0) is 0 Å². The summed E-state index contributed by atoms with van der Waals surface area (Å²) in [5, 5.41) is 0. The van der Waals surface area contributed by atoms with Crippen molar-refractivity contribution in [3.63, 3.8) is 0 Å². The molecule has 54 heavy (non-hydrogen) atoms. The average molecular weight is 751 g/mol. The molecule has 3 aliphatic rings. The molecular formula is C52H39GeN. The van der Waals surface area contributed by atoms with E-state index in [0.29, 0.717) is 0 Å².